The van der Waals surface area contributed by atoms with Crippen LogP contribution in [0.1, 0.15) is 26.7 Å². The summed E-state index contributed by atoms with van der Waals surface area (Å²) in [5.41, 5.74) is 0. The first-order valence-electron chi connectivity index (χ1n) is 5.54. The standard InChI is InChI=1S/C11H25NOS/c1-11(2)5-4-8-13-9-6-12(3)7-10-14/h11,14H,4-10H2,1-3H3. The van der Waals surface area contributed by atoms with Gasteiger partial charge in [-0.05, 0) is 25.8 Å². The molecule has 0 saturated heterocycles. The van der Waals surface area contributed by atoms with Crippen molar-refractivity contribution in [1.82, 2.24) is 4.90 Å². The fraction of sp³-hybridized carbons (Fsp3) is 1.00. The normalized spacial score (nSPS) is 11.6. The number of hydrogen-bond acceptors (Lipinski definition) is 3. The van der Waals surface area contributed by atoms with Crippen LogP contribution in [0.5, 0.6) is 0 Å². The minimum absolute atomic E-state index is 0.797. The van der Waals surface area contributed by atoms with E-state index in [9.17, 15) is 0 Å². The van der Waals surface area contributed by atoms with Gasteiger partial charge in [0.15, 0.2) is 0 Å². The topological polar surface area (TPSA) is 12.5 Å². The molecule has 2 nitrogen and oxygen atoms in total. The third-order valence-electron chi connectivity index (χ3n) is 2.17. The summed E-state index contributed by atoms with van der Waals surface area (Å²) in [6.07, 6.45) is 2.46. The Morgan fingerprint density at radius 1 is 1.21 bits per heavy atom. The quantitative estimate of drug-likeness (QED) is 0.472. The molecule has 0 aliphatic carbocycles. The molecule has 0 rings (SSSR count). The zero-order valence-electron chi connectivity index (χ0n) is 9.83. The maximum absolute atomic E-state index is 5.53. The first kappa shape index (κ1) is 14.3. The molecule has 0 aliphatic heterocycles. The van der Waals surface area contributed by atoms with E-state index in [1.165, 1.54) is 12.8 Å². The molecule has 0 aromatic heterocycles. The summed E-state index contributed by atoms with van der Waals surface area (Å²) in [5.74, 6) is 1.72. The highest BCUT2D eigenvalue weighted by atomic mass is 32.1. The highest BCUT2D eigenvalue weighted by Gasteiger charge is 1.97. The van der Waals surface area contributed by atoms with Crippen molar-refractivity contribution in [2.45, 2.75) is 26.7 Å². The largest absolute Gasteiger partial charge is 0.380 e. The Hall–Kier alpha value is 0.270. The molecule has 86 valence electrons. The minimum atomic E-state index is 0.797. The summed E-state index contributed by atoms with van der Waals surface area (Å²) in [4.78, 5) is 2.25. The SMILES string of the molecule is CC(C)CCCOCCN(C)CCS. The second-order valence-electron chi connectivity index (χ2n) is 4.18. The molecule has 0 fully saturated rings. The number of nitrogens with zero attached hydrogens (tertiary/aromatic N) is 1. The van der Waals surface area contributed by atoms with Crippen LogP contribution in [0, 0.1) is 5.92 Å². The molecular formula is C11H25NOS. The summed E-state index contributed by atoms with van der Waals surface area (Å²) >= 11 is 4.18. The van der Waals surface area contributed by atoms with Crippen LogP contribution >= 0.6 is 12.6 Å². The van der Waals surface area contributed by atoms with Crippen LogP contribution in [-0.4, -0.2) is 44.0 Å². The lowest BCUT2D eigenvalue weighted by Crippen LogP contribution is -2.25. The number of ether oxygens (including phenoxy) is 1. The second-order valence-corrected chi connectivity index (χ2v) is 4.62. The van der Waals surface area contributed by atoms with Gasteiger partial charge in [0.05, 0.1) is 6.61 Å². The van der Waals surface area contributed by atoms with E-state index in [2.05, 4.69) is 38.4 Å². The van der Waals surface area contributed by atoms with Gasteiger partial charge in [0.25, 0.3) is 0 Å². The van der Waals surface area contributed by atoms with Gasteiger partial charge < -0.3 is 9.64 Å². The summed E-state index contributed by atoms with van der Waals surface area (Å²) in [6, 6.07) is 0. The smallest absolute Gasteiger partial charge is 0.0593 e. The molecule has 0 spiro atoms. The Morgan fingerprint density at radius 3 is 2.50 bits per heavy atom. The van der Waals surface area contributed by atoms with Crippen molar-refractivity contribution >= 4 is 12.6 Å². The summed E-state index contributed by atoms with van der Waals surface area (Å²) in [6.45, 7) is 8.32. The molecule has 0 aromatic carbocycles. The highest BCUT2D eigenvalue weighted by molar-refractivity contribution is 7.80. The van der Waals surface area contributed by atoms with E-state index < -0.39 is 0 Å². The van der Waals surface area contributed by atoms with Gasteiger partial charge in [-0.3, -0.25) is 0 Å². The fourth-order valence-corrected chi connectivity index (χ4v) is 1.54. The molecule has 0 saturated carbocycles. The van der Waals surface area contributed by atoms with Crippen LogP contribution in [0.3, 0.4) is 0 Å². The lowest BCUT2D eigenvalue weighted by Gasteiger charge is -2.15. The van der Waals surface area contributed by atoms with E-state index in [4.69, 9.17) is 4.74 Å². The predicted molar refractivity (Wildman–Crippen MR) is 66.2 cm³/mol. The Morgan fingerprint density at radius 2 is 1.93 bits per heavy atom. The number of thiol groups is 1. The first-order chi connectivity index (χ1) is 6.66. The van der Waals surface area contributed by atoms with Crippen LogP contribution in [0.2, 0.25) is 0 Å². The summed E-state index contributed by atoms with van der Waals surface area (Å²) in [7, 11) is 2.10. The van der Waals surface area contributed by atoms with Gasteiger partial charge in [-0.15, -0.1) is 0 Å². The molecule has 0 bridgehead atoms. The molecule has 0 aromatic rings. The summed E-state index contributed by atoms with van der Waals surface area (Å²) < 4.78 is 5.53. The zero-order chi connectivity index (χ0) is 10.8. The van der Waals surface area contributed by atoms with E-state index in [0.717, 1.165) is 38.0 Å². The van der Waals surface area contributed by atoms with Gasteiger partial charge in [0.1, 0.15) is 0 Å². The molecule has 3 heteroatoms. The Balaban J connectivity index is 3.05. The number of hydrogen-bond donors (Lipinski definition) is 1. The van der Waals surface area contributed by atoms with Crippen molar-refractivity contribution in [3.63, 3.8) is 0 Å². The van der Waals surface area contributed by atoms with Gasteiger partial charge in [0.2, 0.25) is 0 Å². The molecule has 0 amide bonds. The third-order valence-corrected chi connectivity index (χ3v) is 2.37. The number of rotatable bonds is 9. The first-order valence-corrected chi connectivity index (χ1v) is 6.17. The van der Waals surface area contributed by atoms with Crippen molar-refractivity contribution in [3.8, 4) is 0 Å². The van der Waals surface area contributed by atoms with E-state index in [0.29, 0.717) is 0 Å². The molecule has 0 atom stereocenters. The maximum Gasteiger partial charge on any atom is 0.0593 e. The predicted octanol–water partition coefficient (Wildman–Crippen LogP) is 2.30. The number of likely N-dealkylation sites (N-methyl/N-ethyl adjacent to an activating group) is 1. The average molecular weight is 219 g/mol. The fourth-order valence-electron chi connectivity index (χ4n) is 1.20. The molecule has 0 heterocycles. The van der Waals surface area contributed by atoms with Gasteiger partial charge in [-0.25, -0.2) is 0 Å². The average Bonchev–Trinajstić information content (AvgIpc) is 2.11. The molecule has 0 aliphatic rings. The van der Waals surface area contributed by atoms with E-state index in [-0.39, 0.29) is 0 Å². The van der Waals surface area contributed by atoms with Crippen LogP contribution in [0.15, 0.2) is 0 Å². The van der Waals surface area contributed by atoms with Crippen molar-refractivity contribution < 1.29 is 4.74 Å². The van der Waals surface area contributed by atoms with Crippen LogP contribution < -0.4 is 0 Å². The van der Waals surface area contributed by atoms with E-state index in [1.54, 1.807) is 0 Å². The molecule has 0 radical (unpaired) electrons. The Bertz CT molecular complexity index is 120. The van der Waals surface area contributed by atoms with E-state index >= 15 is 0 Å². The van der Waals surface area contributed by atoms with Gasteiger partial charge >= 0.3 is 0 Å². The van der Waals surface area contributed by atoms with Crippen molar-refractivity contribution in [2.24, 2.45) is 5.92 Å². The maximum atomic E-state index is 5.53. The lowest BCUT2D eigenvalue weighted by atomic mass is 10.1. The van der Waals surface area contributed by atoms with Crippen LogP contribution in [0.4, 0.5) is 0 Å². The molecule has 0 N–H and O–H groups in total. The lowest BCUT2D eigenvalue weighted by molar-refractivity contribution is 0.108. The van der Waals surface area contributed by atoms with Crippen LogP contribution in [0.25, 0.3) is 0 Å². The Kier molecular flexibility index (Phi) is 10.0. The van der Waals surface area contributed by atoms with Crippen molar-refractivity contribution in [3.05, 3.63) is 0 Å². The molecule has 14 heavy (non-hydrogen) atoms. The minimum Gasteiger partial charge on any atom is -0.380 e. The second kappa shape index (κ2) is 9.81. The zero-order valence-corrected chi connectivity index (χ0v) is 10.7. The Labute approximate surface area is 94.4 Å². The van der Waals surface area contributed by atoms with Crippen molar-refractivity contribution in [2.75, 3.05) is 39.1 Å². The monoisotopic (exact) mass is 219 g/mol. The third kappa shape index (κ3) is 10.4. The van der Waals surface area contributed by atoms with Crippen LogP contribution in [-0.2, 0) is 4.74 Å². The van der Waals surface area contributed by atoms with Gasteiger partial charge in [-0.1, -0.05) is 13.8 Å². The molecular weight excluding hydrogens is 194 g/mol. The van der Waals surface area contributed by atoms with Gasteiger partial charge in [0, 0.05) is 25.4 Å². The molecule has 0 unspecified atom stereocenters. The van der Waals surface area contributed by atoms with Crippen molar-refractivity contribution in [1.29, 1.82) is 0 Å². The highest BCUT2D eigenvalue weighted by Crippen LogP contribution is 2.02. The van der Waals surface area contributed by atoms with Gasteiger partial charge in [-0.2, -0.15) is 12.6 Å². The summed E-state index contributed by atoms with van der Waals surface area (Å²) in [5, 5.41) is 0. The van der Waals surface area contributed by atoms with E-state index in [1.807, 2.05) is 0 Å².